The molecule has 378 valence electrons. The number of rotatable bonds is 12. The van der Waals surface area contributed by atoms with Crippen LogP contribution >= 0.6 is 0 Å². The molecule has 12 atom stereocenters. The van der Waals surface area contributed by atoms with Crippen LogP contribution in [-0.4, -0.2) is 181 Å². The van der Waals surface area contributed by atoms with Gasteiger partial charge in [-0.15, -0.1) is 0 Å². The van der Waals surface area contributed by atoms with Crippen molar-refractivity contribution in [3.05, 3.63) is 74.0 Å². The highest BCUT2D eigenvalue weighted by molar-refractivity contribution is 5.94. The Hall–Kier alpha value is -4.87. The smallest absolute Gasteiger partial charge is 0.332 e. The third-order valence-corrected chi connectivity index (χ3v) is 11.3. The molecule has 0 aliphatic carbocycles. The normalized spacial score (nSPS) is 34.3. The molecule has 0 aromatic rings. The molecule has 25 heteroatoms. The second-order valence-corrected chi connectivity index (χ2v) is 16.4. The number of hydrogen-bond donors (Lipinski definition) is 13. The number of nitrogens with one attached hydrogen (secondary N) is 3. The highest BCUT2D eigenvalue weighted by Crippen LogP contribution is 2.39. The number of carbonyl (C=O) groups excluding carboxylic acids is 1. The lowest BCUT2D eigenvalue weighted by molar-refractivity contribution is -0.148. The Morgan fingerprint density at radius 3 is 1.43 bits per heavy atom. The van der Waals surface area contributed by atoms with Crippen LogP contribution in [0.25, 0.3) is 0 Å². The quantitative estimate of drug-likeness (QED) is 0.0868. The van der Waals surface area contributed by atoms with Crippen LogP contribution in [0.4, 0.5) is 4.39 Å². The van der Waals surface area contributed by atoms with E-state index in [0.717, 1.165) is 25.7 Å². The van der Waals surface area contributed by atoms with Crippen molar-refractivity contribution >= 4 is 23.5 Å². The Kier molecular flexibility index (Phi) is 20.6. The SMILES string of the molecule is C.C=C1N=C(NO)C=CN1[C@@H]1O[C@H](CO)C(O)[C@@]1(C)F.C=C1N=C(NO)C=CN1[C@@H]1O[C@H](CO)C(O)[C@@]1(C)O.C=C1N=C(NOC(=O)CCCCCCC)C=CN1[C@@H]1O[C@H](CO)C(O)[C@@]1(C)O. The Morgan fingerprint density at radius 1 is 0.687 bits per heavy atom. The molecule has 0 aromatic heterocycles. The van der Waals surface area contributed by atoms with E-state index >= 15 is 0 Å². The highest BCUT2D eigenvalue weighted by Gasteiger charge is 2.57. The molecular weight excluding hydrogens is 890 g/mol. The van der Waals surface area contributed by atoms with Crippen molar-refractivity contribution in [1.29, 1.82) is 0 Å². The summed E-state index contributed by atoms with van der Waals surface area (Å²) in [6.07, 6.45) is 4.56. The fourth-order valence-electron chi connectivity index (χ4n) is 7.41. The number of aliphatic hydroxyl groups excluding tert-OH is 6. The van der Waals surface area contributed by atoms with Gasteiger partial charge in [-0.2, -0.15) is 0 Å². The minimum absolute atomic E-state index is 0. The van der Waals surface area contributed by atoms with Gasteiger partial charge in [-0.05, 0) is 45.4 Å². The number of amidine groups is 3. The summed E-state index contributed by atoms with van der Waals surface area (Å²) < 4.78 is 30.8. The molecule has 6 aliphatic heterocycles. The van der Waals surface area contributed by atoms with Crippen LogP contribution in [0.5, 0.6) is 0 Å². The molecule has 67 heavy (non-hydrogen) atoms. The van der Waals surface area contributed by atoms with Crippen molar-refractivity contribution in [2.24, 2.45) is 15.0 Å². The van der Waals surface area contributed by atoms with Crippen LogP contribution in [0.2, 0.25) is 0 Å². The van der Waals surface area contributed by atoms with E-state index in [1.165, 1.54) is 72.5 Å². The van der Waals surface area contributed by atoms with Gasteiger partial charge >= 0.3 is 5.97 Å². The monoisotopic (exact) mass is 957 g/mol. The van der Waals surface area contributed by atoms with E-state index in [-0.39, 0.29) is 48.4 Å². The average molecular weight is 958 g/mol. The molecule has 6 heterocycles. The maximum Gasteiger partial charge on any atom is 0.332 e. The molecule has 3 unspecified atom stereocenters. The van der Waals surface area contributed by atoms with Gasteiger partial charge in [-0.3, -0.25) is 21.4 Å². The molecule has 3 saturated heterocycles. The third kappa shape index (κ3) is 13.0. The third-order valence-electron chi connectivity index (χ3n) is 11.3. The molecule has 0 bridgehead atoms. The Bertz CT molecular complexity index is 1830. The number of ether oxygens (including phenoxy) is 3. The van der Waals surface area contributed by atoms with Crippen LogP contribution in [0.15, 0.2) is 89.0 Å². The minimum atomic E-state index is -2.10. The molecule has 13 N–H and O–H groups in total. The van der Waals surface area contributed by atoms with Crippen molar-refractivity contribution in [2.45, 2.75) is 146 Å². The number of aliphatic imine (C=N–C) groups is 3. The Labute approximate surface area is 388 Å². The standard InChI is InChI=1S/C19H31N3O6.C11H16FN3O4.C11H17N3O5.CH4/c1-4-5-6-7-8-9-16(24)28-21-15-10-11-22(13(2)20-15)18-19(3,26)17(25)14(12-23)27-18;1-6-13-8(14-18)3-4-15(6)10-11(2,12)9(17)7(5-16)19-10;1-6-12-8(13-18)3-4-14(6)10-11(2,17)9(16)7(5-15)19-10;/h10-11,14,17-18,23,25-26H,2,4-9,12H2,1,3H3,(H,20,21);3-4,7,9-10,16-18H,1,5H2,2H3,(H,13,14);3-4,7,9-10,15-18H,1,5H2,2H3,(H,12,13);1H4/t14-,17?,18-,19-;2*7-,9?,10-,11-;/m111./s1. The zero-order valence-corrected chi connectivity index (χ0v) is 37.2. The molecule has 6 aliphatic rings. The number of unbranched alkanes of at least 4 members (excludes halogenated alkanes) is 4. The van der Waals surface area contributed by atoms with Gasteiger partial charge in [0.25, 0.3) is 0 Å². The van der Waals surface area contributed by atoms with E-state index in [1.807, 2.05) is 11.0 Å². The molecule has 24 nitrogen and oxygen atoms in total. The van der Waals surface area contributed by atoms with Crippen LogP contribution in [0.1, 0.15) is 73.6 Å². The van der Waals surface area contributed by atoms with Gasteiger partial charge in [-0.25, -0.2) is 29.6 Å². The number of halogens is 1. The Balaban J connectivity index is 0.000000272. The summed E-state index contributed by atoms with van der Waals surface area (Å²) in [7, 11) is 0. The second kappa shape index (κ2) is 24.4. The topological polar surface area (TPSA) is 339 Å². The second-order valence-electron chi connectivity index (χ2n) is 16.4. The van der Waals surface area contributed by atoms with Gasteiger partial charge in [0, 0.05) is 25.0 Å². The fourth-order valence-corrected chi connectivity index (χ4v) is 7.41. The first-order valence-electron chi connectivity index (χ1n) is 21.1. The van der Waals surface area contributed by atoms with Gasteiger partial charge in [-0.1, -0.05) is 59.8 Å². The predicted octanol–water partition coefficient (Wildman–Crippen LogP) is -0.477. The summed E-state index contributed by atoms with van der Waals surface area (Å²) in [5.74, 6) is 0.830. The number of aliphatic hydroxyl groups is 8. The zero-order valence-electron chi connectivity index (χ0n) is 37.2. The van der Waals surface area contributed by atoms with E-state index in [1.54, 1.807) is 6.20 Å². The van der Waals surface area contributed by atoms with Gasteiger partial charge in [0.05, 0.1) is 19.8 Å². The number of alkyl halides is 1. The molecule has 0 saturated carbocycles. The van der Waals surface area contributed by atoms with E-state index in [9.17, 15) is 39.8 Å². The predicted molar refractivity (Wildman–Crippen MR) is 238 cm³/mol. The van der Waals surface area contributed by atoms with Crippen molar-refractivity contribution in [3.63, 3.8) is 0 Å². The number of carbonyl (C=O) groups is 1. The first-order valence-corrected chi connectivity index (χ1v) is 21.1. The van der Waals surface area contributed by atoms with E-state index in [4.69, 9.17) is 39.7 Å². The first-order chi connectivity index (χ1) is 31.1. The Morgan fingerprint density at radius 2 is 1.06 bits per heavy atom. The average Bonchev–Trinajstić information content (AvgIpc) is 3.77. The number of hydrogen-bond acceptors (Lipinski definition) is 24. The van der Waals surface area contributed by atoms with Crippen LogP contribution in [0, 0.1) is 0 Å². The van der Waals surface area contributed by atoms with Gasteiger partial charge in [0.2, 0.25) is 0 Å². The van der Waals surface area contributed by atoms with Crippen molar-refractivity contribution < 1.29 is 79.5 Å². The highest BCUT2D eigenvalue weighted by atomic mass is 19.1. The summed E-state index contributed by atoms with van der Waals surface area (Å²) >= 11 is 0. The number of nitrogens with zero attached hydrogens (tertiary/aromatic N) is 6. The molecule has 3 fully saturated rings. The van der Waals surface area contributed by atoms with Gasteiger partial charge in [0.15, 0.2) is 41.9 Å². The van der Waals surface area contributed by atoms with E-state index in [2.05, 4.69) is 47.1 Å². The van der Waals surface area contributed by atoms with E-state index < -0.39 is 92.0 Å². The summed E-state index contributed by atoms with van der Waals surface area (Å²) in [5.41, 5.74) is 0.895. The minimum Gasteiger partial charge on any atom is -0.394 e. The van der Waals surface area contributed by atoms with Crippen molar-refractivity contribution in [3.8, 4) is 0 Å². The van der Waals surface area contributed by atoms with Gasteiger partial charge in [0.1, 0.15) is 65.3 Å². The fraction of sp³-hybridized carbons (Fsp3) is 0.619. The molecule has 0 amide bonds. The molecule has 0 aromatic carbocycles. The lowest BCUT2D eigenvalue weighted by Gasteiger charge is -2.35. The summed E-state index contributed by atoms with van der Waals surface area (Å²) in [4.78, 5) is 32.9. The number of hydroxylamine groups is 3. The van der Waals surface area contributed by atoms with Crippen LogP contribution in [-0.2, 0) is 23.8 Å². The molecule has 6 rings (SSSR count). The first kappa shape index (κ1) is 56.5. The van der Waals surface area contributed by atoms with Crippen molar-refractivity contribution in [1.82, 2.24) is 31.1 Å². The maximum absolute atomic E-state index is 14.5. The maximum atomic E-state index is 14.5. The summed E-state index contributed by atoms with van der Waals surface area (Å²) in [6, 6.07) is 0. The summed E-state index contributed by atoms with van der Waals surface area (Å²) in [6.45, 7) is 15.9. The largest absolute Gasteiger partial charge is 0.394 e. The zero-order chi connectivity index (χ0) is 49.1. The van der Waals surface area contributed by atoms with Crippen LogP contribution < -0.4 is 16.4 Å². The lowest BCUT2D eigenvalue weighted by Crippen LogP contribution is -2.51. The van der Waals surface area contributed by atoms with Crippen LogP contribution in [0.3, 0.4) is 0 Å². The van der Waals surface area contributed by atoms with Crippen molar-refractivity contribution in [2.75, 3.05) is 19.8 Å². The lowest BCUT2D eigenvalue weighted by atomic mass is 9.96. The molecular formula is C42H68FN9O15. The van der Waals surface area contributed by atoms with Gasteiger partial charge < -0.3 is 74.6 Å². The summed E-state index contributed by atoms with van der Waals surface area (Å²) in [5, 5.41) is 95.5. The van der Waals surface area contributed by atoms with E-state index in [0.29, 0.717) is 6.42 Å². The molecule has 0 spiro atoms. The molecule has 0 radical (unpaired) electrons.